The van der Waals surface area contributed by atoms with Crippen LogP contribution in [0.2, 0.25) is 0 Å². The van der Waals surface area contributed by atoms with Crippen molar-refractivity contribution in [2.45, 2.75) is 52.1 Å². The van der Waals surface area contributed by atoms with Crippen LogP contribution in [0.1, 0.15) is 44.0 Å². The van der Waals surface area contributed by atoms with E-state index in [1.54, 1.807) is 6.33 Å². The molecule has 1 aliphatic rings. The molecular weight excluding hydrogens is 240 g/mol. The number of imidazole rings is 1. The lowest BCUT2D eigenvalue weighted by molar-refractivity contribution is -0.121. The van der Waals surface area contributed by atoms with Gasteiger partial charge in [0.1, 0.15) is 0 Å². The quantitative estimate of drug-likeness (QED) is 0.820. The molecule has 1 atom stereocenters. The number of hydrogen-bond donors (Lipinski definition) is 2. The lowest BCUT2D eigenvalue weighted by Crippen LogP contribution is -2.32. The largest absolute Gasteiger partial charge is 0.350 e. The fourth-order valence-corrected chi connectivity index (χ4v) is 2.54. The number of amides is 1. The monoisotopic (exact) mass is 264 g/mol. The van der Waals surface area contributed by atoms with E-state index in [4.69, 9.17) is 0 Å². The number of H-pyrrole nitrogens is 1. The van der Waals surface area contributed by atoms with Gasteiger partial charge in [-0.15, -0.1) is 0 Å². The van der Waals surface area contributed by atoms with Gasteiger partial charge in [-0.1, -0.05) is 0 Å². The van der Waals surface area contributed by atoms with Crippen molar-refractivity contribution in [1.29, 1.82) is 0 Å². The van der Waals surface area contributed by atoms with Crippen LogP contribution in [0.5, 0.6) is 0 Å². The van der Waals surface area contributed by atoms with E-state index in [0.29, 0.717) is 19.0 Å². The summed E-state index contributed by atoms with van der Waals surface area (Å²) in [7, 11) is 0. The number of aromatic nitrogens is 2. The lowest BCUT2D eigenvalue weighted by atomic mass is 10.1. The molecule has 1 saturated heterocycles. The summed E-state index contributed by atoms with van der Waals surface area (Å²) in [6.45, 7) is 7.08. The maximum absolute atomic E-state index is 11.8. The van der Waals surface area contributed by atoms with Gasteiger partial charge < -0.3 is 15.2 Å². The highest BCUT2D eigenvalue weighted by atomic mass is 16.1. The number of aryl methyl sites for hydroxylation is 1. The number of aromatic amines is 1. The Morgan fingerprint density at radius 1 is 1.53 bits per heavy atom. The first-order chi connectivity index (χ1) is 9.16. The van der Waals surface area contributed by atoms with E-state index in [0.717, 1.165) is 17.8 Å². The molecule has 1 amide bonds. The van der Waals surface area contributed by atoms with E-state index in [-0.39, 0.29) is 5.91 Å². The summed E-state index contributed by atoms with van der Waals surface area (Å²) < 4.78 is 0. The highest BCUT2D eigenvalue weighted by Gasteiger charge is 2.18. The SMILES string of the molecule is Cc1[nH]cnc1CNC(=O)CC[C@H](C)N1CCCC1. The minimum absolute atomic E-state index is 0.119. The Morgan fingerprint density at radius 2 is 2.26 bits per heavy atom. The molecule has 5 heteroatoms. The Kier molecular flexibility index (Phi) is 4.96. The van der Waals surface area contributed by atoms with E-state index in [1.807, 2.05) is 6.92 Å². The third-order valence-corrected chi connectivity index (χ3v) is 3.94. The molecule has 0 radical (unpaired) electrons. The summed E-state index contributed by atoms with van der Waals surface area (Å²) in [6.07, 6.45) is 5.79. The summed E-state index contributed by atoms with van der Waals surface area (Å²) in [6, 6.07) is 0.514. The second kappa shape index (κ2) is 6.70. The molecule has 1 fully saturated rings. The number of likely N-dealkylation sites (tertiary alicyclic amines) is 1. The van der Waals surface area contributed by atoms with E-state index >= 15 is 0 Å². The third-order valence-electron chi connectivity index (χ3n) is 3.94. The number of carbonyl (C=O) groups is 1. The van der Waals surface area contributed by atoms with Crippen LogP contribution in [0.4, 0.5) is 0 Å². The topological polar surface area (TPSA) is 61.0 Å². The predicted molar refractivity (Wildman–Crippen MR) is 74.7 cm³/mol. The number of carbonyl (C=O) groups excluding carboxylic acids is 1. The Bertz CT molecular complexity index is 409. The highest BCUT2D eigenvalue weighted by molar-refractivity contribution is 5.75. The predicted octanol–water partition coefficient (Wildman–Crippen LogP) is 1.60. The van der Waals surface area contributed by atoms with Crippen molar-refractivity contribution < 1.29 is 4.79 Å². The summed E-state index contributed by atoms with van der Waals surface area (Å²) in [4.78, 5) is 21.5. The summed E-state index contributed by atoms with van der Waals surface area (Å²) in [5.41, 5.74) is 1.94. The molecule has 1 aliphatic heterocycles. The Labute approximate surface area is 114 Å². The van der Waals surface area contributed by atoms with Gasteiger partial charge in [0.05, 0.1) is 18.6 Å². The fraction of sp³-hybridized carbons (Fsp3) is 0.714. The number of nitrogens with one attached hydrogen (secondary N) is 2. The molecule has 5 nitrogen and oxygen atoms in total. The first-order valence-corrected chi connectivity index (χ1v) is 7.16. The van der Waals surface area contributed by atoms with Gasteiger partial charge in [0.25, 0.3) is 0 Å². The van der Waals surface area contributed by atoms with Crippen LogP contribution in [0, 0.1) is 6.92 Å². The molecule has 0 unspecified atom stereocenters. The normalized spacial score (nSPS) is 17.6. The maximum Gasteiger partial charge on any atom is 0.220 e. The van der Waals surface area contributed by atoms with E-state index in [2.05, 4.69) is 27.1 Å². The first kappa shape index (κ1) is 14.1. The molecule has 19 heavy (non-hydrogen) atoms. The first-order valence-electron chi connectivity index (χ1n) is 7.16. The van der Waals surface area contributed by atoms with Crippen molar-refractivity contribution in [1.82, 2.24) is 20.2 Å². The smallest absolute Gasteiger partial charge is 0.220 e. The standard InChI is InChI=1S/C14H24N4O/c1-11(18-7-3-4-8-18)5-6-14(19)15-9-13-12(2)16-10-17-13/h10-11H,3-9H2,1-2H3,(H,15,19)(H,16,17)/t11-/m0/s1. The van der Waals surface area contributed by atoms with E-state index in [1.165, 1.54) is 25.9 Å². The van der Waals surface area contributed by atoms with Gasteiger partial charge in [-0.3, -0.25) is 4.79 Å². The van der Waals surface area contributed by atoms with Crippen LogP contribution < -0.4 is 5.32 Å². The summed E-state index contributed by atoms with van der Waals surface area (Å²) in [5.74, 6) is 0.119. The van der Waals surface area contributed by atoms with Crippen LogP contribution in [0.3, 0.4) is 0 Å². The zero-order valence-corrected chi connectivity index (χ0v) is 11.9. The van der Waals surface area contributed by atoms with Crippen molar-refractivity contribution in [3.63, 3.8) is 0 Å². The highest BCUT2D eigenvalue weighted by Crippen LogP contribution is 2.14. The van der Waals surface area contributed by atoms with Crippen molar-refractivity contribution in [2.24, 2.45) is 0 Å². The molecule has 0 aliphatic carbocycles. The molecule has 0 aromatic carbocycles. The van der Waals surface area contributed by atoms with Gasteiger partial charge in [-0.2, -0.15) is 0 Å². The van der Waals surface area contributed by atoms with Gasteiger partial charge >= 0.3 is 0 Å². The van der Waals surface area contributed by atoms with Gasteiger partial charge in [0.2, 0.25) is 5.91 Å². The molecule has 1 aromatic rings. The lowest BCUT2D eigenvalue weighted by Gasteiger charge is -2.23. The van der Waals surface area contributed by atoms with Crippen LogP contribution in [-0.2, 0) is 11.3 Å². The molecule has 2 rings (SSSR count). The number of hydrogen-bond acceptors (Lipinski definition) is 3. The molecule has 0 saturated carbocycles. The van der Waals surface area contributed by atoms with Crippen molar-refractivity contribution in [3.05, 3.63) is 17.7 Å². The van der Waals surface area contributed by atoms with Crippen LogP contribution >= 0.6 is 0 Å². The zero-order chi connectivity index (χ0) is 13.7. The maximum atomic E-state index is 11.8. The second-order valence-electron chi connectivity index (χ2n) is 5.38. The summed E-state index contributed by atoms with van der Waals surface area (Å²) in [5, 5.41) is 2.93. The van der Waals surface area contributed by atoms with Crippen LogP contribution in [0.25, 0.3) is 0 Å². The molecule has 0 bridgehead atoms. The average Bonchev–Trinajstić information content (AvgIpc) is 3.05. The van der Waals surface area contributed by atoms with Gasteiger partial charge in [0, 0.05) is 18.2 Å². The molecule has 1 aromatic heterocycles. The minimum atomic E-state index is 0.119. The van der Waals surface area contributed by atoms with Crippen LogP contribution in [0.15, 0.2) is 6.33 Å². The number of rotatable bonds is 6. The molecule has 2 heterocycles. The summed E-state index contributed by atoms with van der Waals surface area (Å²) >= 11 is 0. The zero-order valence-electron chi connectivity index (χ0n) is 11.9. The van der Waals surface area contributed by atoms with Gasteiger partial charge in [0.15, 0.2) is 0 Å². The van der Waals surface area contributed by atoms with Crippen molar-refractivity contribution in [3.8, 4) is 0 Å². The van der Waals surface area contributed by atoms with Gasteiger partial charge in [-0.25, -0.2) is 4.98 Å². The van der Waals surface area contributed by atoms with Crippen molar-refractivity contribution in [2.75, 3.05) is 13.1 Å². The molecule has 2 N–H and O–H groups in total. The number of nitrogens with zero attached hydrogens (tertiary/aromatic N) is 2. The van der Waals surface area contributed by atoms with Gasteiger partial charge in [-0.05, 0) is 46.2 Å². The van der Waals surface area contributed by atoms with Crippen molar-refractivity contribution >= 4 is 5.91 Å². The molecular formula is C14H24N4O. The van der Waals surface area contributed by atoms with E-state index < -0.39 is 0 Å². The molecule has 0 spiro atoms. The second-order valence-corrected chi connectivity index (χ2v) is 5.38. The minimum Gasteiger partial charge on any atom is -0.350 e. The Hall–Kier alpha value is -1.36. The third kappa shape index (κ3) is 4.06. The van der Waals surface area contributed by atoms with Crippen LogP contribution in [-0.4, -0.2) is 39.9 Å². The average molecular weight is 264 g/mol. The Morgan fingerprint density at radius 3 is 2.89 bits per heavy atom. The van der Waals surface area contributed by atoms with E-state index in [9.17, 15) is 4.79 Å². The molecule has 106 valence electrons. The Balaban J connectivity index is 1.65. The fourth-order valence-electron chi connectivity index (χ4n) is 2.54.